The third-order valence-corrected chi connectivity index (χ3v) is 6.22. The molecule has 0 bridgehead atoms. The zero-order valence-electron chi connectivity index (χ0n) is 19.2. The first-order valence-electron chi connectivity index (χ1n) is 11.2. The molecular weight excluding hydrogens is 452 g/mol. The number of ether oxygens (including phenoxy) is 1. The second-order valence-corrected chi connectivity index (χ2v) is 8.66. The van der Waals surface area contributed by atoms with Crippen molar-refractivity contribution in [2.45, 2.75) is 20.3 Å². The number of carbonyl (C=O) groups is 2. The second-order valence-electron chi connectivity index (χ2n) is 8.26. The maximum Gasteiger partial charge on any atom is 0.409 e. The summed E-state index contributed by atoms with van der Waals surface area (Å²) in [5.74, 6) is -0.110. The lowest BCUT2D eigenvalue weighted by Gasteiger charge is -2.34. The number of piperazine rings is 1. The summed E-state index contributed by atoms with van der Waals surface area (Å²) in [7, 11) is 0. The topological polar surface area (TPSA) is 86.5 Å². The highest BCUT2D eigenvalue weighted by Crippen LogP contribution is 2.30. The maximum atomic E-state index is 13.1. The van der Waals surface area contributed by atoms with Gasteiger partial charge in [0.2, 0.25) is 0 Å². The number of fused-ring (bicyclic) bond motifs is 1. The summed E-state index contributed by atoms with van der Waals surface area (Å²) >= 11 is 6.54. The molecule has 34 heavy (non-hydrogen) atoms. The van der Waals surface area contributed by atoms with Crippen LogP contribution in [0.2, 0.25) is 5.02 Å². The molecule has 174 valence electrons. The molecule has 8 heteroatoms. The van der Waals surface area contributed by atoms with Crippen molar-refractivity contribution in [2.24, 2.45) is 0 Å². The standard InChI is InChI=1S/C26H25ClN4O3/c1-3-12-34-26(33)31-10-8-30(9-11-31)25(32)19-6-7-21-22(27)15-23(29-24(21)14-19)18-4-5-20(16-28)17(2)13-18/h4-7,13-15H,3,8-12H2,1-2H3. The van der Waals surface area contributed by atoms with Crippen LogP contribution < -0.4 is 0 Å². The van der Waals surface area contributed by atoms with Crippen LogP contribution in [-0.4, -0.2) is 59.6 Å². The first-order valence-corrected chi connectivity index (χ1v) is 11.6. The number of rotatable bonds is 4. The first kappa shape index (κ1) is 23.5. The smallest absolute Gasteiger partial charge is 0.409 e. The van der Waals surface area contributed by atoms with Crippen LogP contribution in [-0.2, 0) is 4.74 Å². The van der Waals surface area contributed by atoms with Crippen molar-refractivity contribution in [3.63, 3.8) is 0 Å². The number of hydrogen-bond acceptors (Lipinski definition) is 5. The second kappa shape index (κ2) is 10.1. The molecule has 2 heterocycles. The van der Waals surface area contributed by atoms with E-state index in [1.165, 1.54) is 0 Å². The third kappa shape index (κ3) is 4.82. The minimum Gasteiger partial charge on any atom is -0.449 e. The molecule has 1 aliphatic heterocycles. The first-order chi connectivity index (χ1) is 16.4. The van der Waals surface area contributed by atoms with E-state index in [-0.39, 0.29) is 12.0 Å². The lowest BCUT2D eigenvalue weighted by molar-refractivity contribution is 0.0560. The van der Waals surface area contributed by atoms with Crippen molar-refractivity contribution in [3.8, 4) is 17.3 Å². The van der Waals surface area contributed by atoms with Crippen molar-refractivity contribution in [3.05, 3.63) is 64.2 Å². The number of hydrogen-bond donors (Lipinski definition) is 0. The molecule has 0 spiro atoms. The Bertz CT molecular complexity index is 1290. The van der Waals surface area contributed by atoms with Gasteiger partial charge in [0, 0.05) is 42.7 Å². The van der Waals surface area contributed by atoms with Gasteiger partial charge in [0.15, 0.2) is 0 Å². The van der Waals surface area contributed by atoms with Crippen LogP contribution in [0.5, 0.6) is 0 Å². The van der Waals surface area contributed by atoms with Crippen LogP contribution in [0, 0.1) is 18.3 Å². The minimum absolute atomic E-state index is 0.110. The van der Waals surface area contributed by atoms with Crippen molar-refractivity contribution in [2.75, 3.05) is 32.8 Å². The van der Waals surface area contributed by atoms with E-state index in [4.69, 9.17) is 21.3 Å². The van der Waals surface area contributed by atoms with Crippen molar-refractivity contribution in [1.29, 1.82) is 5.26 Å². The molecule has 3 aromatic rings. The van der Waals surface area contributed by atoms with E-state index in [2.05, 4.69) is 6.07 Å². The van der Waals surface area contributed by atoms with E-state index in [1.54, 1.807) is 34.1 Å². The maximum absolute atomic E-state index is 13.1. The average Bonchev–Trinajstić information content (AvgIpc) is 2.86. The molecule has 0 radical (unpaired) electrons. The number of aryl methyl sites for hydroxylation is 1. The van der Waals surface area contributed by atoms with Gasteiger partial charge in [-0.3, -0.25) is 4.79 Å². The summed E-state index contributed by atoms with van der Waals surface area (Å²) in [6.45, 7) is 5.99. The molecule has 0 atom stereocenters. The molecule has 1 aromatic heterocycles. The molecular formula is C26H25ClN4O3. The van der Waals surface area contributed by atoms with Gasteiger partial charge in [-0.25, -0.2) is 9.78 Å². The number of carbonyl (C=O) groups excluding carboxylic acids is 2. The number of pyridine rings is 1. The molecule has 1 aliphatic rings. The molecule has 1 fully saturated rings. The number of nitriles is 1. The molecule has 0 saturated carbocycles. The van der Waals surface area contributed by atoms with Gasteiger partial charge in [0.05, 0.1) is 34.5 Å². The zero-order valence-corrected chi connectivity index (χ0v) is 19.9. The molecule has 4 rings (SSSR count). The van der Waals surface area contributed by atoms with Crippen LogP contribution >= 0.6 is 11.6 Å². The molecule has 2 amide bonds. The largest absolute Gasteiger partial charge is 0.449 e. The Hall–Kier alpha value is -3.63. The van der Waals surface area contributed by atoms with Crippen LogP contribution in [0.1, 0.15) is 34.8 Å². The van der Waals surface area contributed by atoms with E-state index < -0.39 is 0 Å². The summed E-state index contributed by atoms with van der Waals surface area (Å²) < 4.78 is 5.19. The molecule has 1 saturated heterocycles. The Morgan fingerprint density at radius 2 is 1.82 bits per heavy atom. The van der Waals surface area contributed by atoms with E-state index in [0.29, 0.717) is 60.1 Å². The molecule has 0 N–H and O–H groups in total. The lowest BCUT2D eigenvalue weighted by atomic mass is 10.0. The minimum atomic E-state index is -0.330. The number of halogens is 1. The summed E-state index contributed by atoms with van der Waals surface area (Å²) in [5, 5.41) is 10.5. The fraction of sp³-hybridized carbons (Fsp3) is 0.308. The summed E-state index contributed by atoms with van der Waals surface area (Å²) in [6, 6.07) is 14.8. The van der Waals surface area contributed by atoms with Gasteiger partial charge in [0.1, 0.15) is 0 Å². The number of amides is 2. The van der Waals surface area contributed by atoms with Crippen molar-refractivity contribution < 1.29 is 14.3 Å². The van der Waals surface area contributed by atoms with E-state index in [0.717, 1.165) is 22.9 Å². The van der Waals surface area contributed by atoms with Gasteiger partial charge in [-0.15, -0.1) is 0 Å². The van der Waals surface area contributed by atoms with Crippen LogP contribution in [0.3, 0.4) is 0 Å². The van der Waals surface area contributed by atoms with Gasteiger partial charge < -0.3 is 14.5 Å². The third-order valence-electron chi connectivity index (χ3n) is 5.90. The molecule has 0 unspecified atom stereocenters. The van der Waals surface area contributed by atoms with E-state index in [1.807, 2.05) is 32.0 Å². The SMILES string of the molecule is CCCOC(=O)N1CCN(C(=O)c2ccc3c(Cl)cc(-c4ccc(C#N)c(C)c4)nc3c2)CC1. The fourth-order valence-electron chi connectivity index (χ4n) is 3.97. The van der Waals surface area contributed by atoms with Gasteiger partial charge in [-0.2, -0.15) is 5.26 Å². The highest BCUT2D eigenvalue weighted by Gasteiger charge is 2.26. The van der Waals surface area contributed by atoms with E-state index >= 15 is 0 Å². The lowest BCUT2D eigenvalue weighted by Crippen LogP contribution is -2.50. The Morgan fingerprint density at radius 3 is 2.50 bits per heavy atom. The highest BCUT2D eigenvalue weighted by atomic mass is 35.5. The normalized spacial score (nSPS) is 13.6. The quantitative estimate of drug-likeness (QED) is 0.526. The molecule has 7 nitrogen and oxygen atoms in total. The summed E-state index contributed by atoms with van der Waals surface area (Å²) in [5.41, 5.74) is 4.14. The van der Waals surface area contributed by atoms with E-state index in [9.17, 15) is 14.9 Å². The number of nitrogens with zero attached hydrogens (tertiary/aromatic N) is 4. The van der Waals surface area contributed by atoms with Crippen molar-refractivity contribution in [1.82, 2.24) is 14.8 Å². The fourth-order valence-corrected chi connectivity index (χ4v) is 4.23. The van der Waals surface area contributed by atoms with Gasteiger partial charge in [-0.1, -0.05) is 30.7 Å². The average molecular weight is 477 g/mol. The Labute approximate surface area is 203 Å². The number of benzene rings is 2. The number of aromatic nitrogens is 1. The summed E-state index contributed by atoms with van der Waals surface area (Å²) in [6.07, 6.45) is 0.445. The summed E-state index contributed by atoms with van der Waals surface area (Å²) in [4.78, 5) is 33.3. The van der Waals surface area contributed by atoms with Gasteiger partial charge in [-0.05, 0) is 49.2 Å². The zero-order chi connectivity index (χ0) is 24.2. The Kier molecular flexibility index (Phi) is 6.99. The van der Waals surface area contributed by atoms with Gasteiger partial charge >= 0.3 is 6.09 Å². The van der Waals surface area contributed by atoms with Gasteiger partial charge in [0.25, 0.3) is 5.91 Å². The Balaban J connectivity index is 1.55. The highest BCUT2D eigenvalue weighted by molar-refractivity contribution is 6.35. The van der Waals surface area contributed by atoms with Crippen molar-refractivity contribution >= 4 is 34.5 Å². The molecule has 0 aliphatic carbocycles. The Morgan fingerprint density at radius 1 is 1.09 bits per heavy atom. The van der Waals surface area contributed by atoms with Crippen LogP contribution in [0.4, 0.5) is 4.79 Å². The molecule has 2 aromatic carbocycles. The van der Waals surface area contributed by atoms with Crippen LogP contribution in [0.25, 0.3) is 22.2 Å². The predicted molar refractivity (Wildman–Crippen MR) is 131 cm³/mol. The predicted octanol–water partition coefficient (Wildman–Crippen LogP) is 5.04. The monoisotopic (exact) mass is 476 g/mol. The van der Waals surface area contributed by atoms with Crippen LogP contribution in [0.15, 0.2) is 42.5 Å².